The Labute approximate surface area is 122 Å². The van der Waals surface area contributed by atoms with E-state index < -0.39 is 0 Å². The molecular formula is C16H28FN3. The van der Waals surface area contributed by atoms with Gasteiger partial charge in [0.25, 0.3) is 0 Å². The second-order valence-electron chi connectivity index (χ2n) is 5.54. The lowest BCUT2D eigenvalue weighted by Crippen LogP contribution is -2.36. The fourth-order valence-corrected chi connectivity index (χ4v) is 2.61. The van der Waals surface area contributed by atoms with Crippen molar-refractivity contribution in [3.8, 4) is 0 Å². The second kappa shape index (κ2) is 8.35. The highest BCUT2D eigenvalue weighted by atomic mass is 19.1. The van der Waals surface area contributed by atoms with E-state index in [0.717, 1.165) is 37.2 Å². The average molecular weight is 281 g/mol. The van der Waals surface area contributed by atoms with Gasteiger partial charge in [-0.15, -0.1) is 0 Å². The van der Waals surface area contributed by atoms with Crippen molar-refractivity contribution < 1.29 is 4.39 Å². The predicted octanol–water partition coefficient (Wildman–Crippen LogP) is 2.41. The average Bonchev–Trinajstić information content (AvgIpc) is 2.39. The first kappa shape index (κ1) is 17.1. The summed E-state index contributed by atoms with van der Waals surface area (Å²) in [5.41, 5.74) is 8.09. The van der Waals surface area contributed by atoms with Crippen LogP contribution in [0.2, 0.25) is 0 Å². The summed E-state index contributed by atoms with van der Waals surface area (Å²) in [6.07, 6.45) is 1.11. The Kier molecular flexibility index (Phi) is 7.13. The van der Waals surface area contributed by atoms with E-state index in [1.165, 1.54) is 6.07 Å². The predicted molar refractivity (Wildman–Crippen MR) is 83.4 cm³/mol. The summed E-state index contributed by atoms with van der Waals surface area (Å²) in [5.74, 6) is -0.183. The van der Waals surface area contributed by atoms with Crippen LogP contribution in [0.1, 0.15) is 30.5 Å². The van der Waals surface area contributed by atoms with Crippen LogP contribution in [0.4, 0.5) is 4.39 Å². The van der Waals surface area contributed by atoms with Crippen LogP contribution in [-0.4, -0.2) is 50.1 Å². The molecular weight excluding hydrogens is 253 g/mol. The monoisotopic (exact) mass is 281 g/mol. The summed E-state index contributed by atoms with van der Waals surface area (Å²) in [6, 6.07) is 5.16. The zero-order valence-electron chi connectivity index (χ0n) is 13.2. The number of likely N-dealkylation sites (N-methyl/N-ethyl adjacent to an activating group) is 1. The number of nitrogens with two attached hydrogens (primary N) is 1. The fraction of sp³-hybridized carbons (Fsp3) is 0.625. The molecule has 0 amide bonds. The first-order chi connectivity index (χ1) is 9.49. The van der Waals surface area contributed by atoms with Gasteiger partial charge in [-0.1, -0.05) is 13.0 Å². The molecule has 1 aromatic carbocycles. The summed E-state index contributed by atoms with van der Waals surface area (Å²) in [4.78, 5) is 4.57. The van der Waals surface area contributed by atoms with Gasteiger partial charge in [-0.25, -0.2) is 4.39 Å². The van der Waals surface area contributed by atoms with E-state index in [1.807, 2.05) is 13.0 Å². The van der Waals surface area contributed by atoms with E-state index in [4.69, 9.17) is 5.73 Å². The summed E-state index contributed by atoms with van der Waals surface area (Å²) >= 11 is 0. The Morgan fingerprint density at radius 3 is 2.45 bits per heavy atom. The second-order valence-corrected chi connectivity index (χ2v) is 5.54. The van der Waals surface area contributed by atoms with Gasteiger partial charge in [0.15, 0.2) is 0 Å². The van der Waals surface area contributed by atoms with Crippen LogP contribution in [-0.2, 0) is 0 Å². The lowest BCUT2D eigenvalue weighted by atomic mass is 9.99. The Morgan fingerprint density at radius 1 is 1.25 bits per heavy atom. The van der Waals surface area contributed by atoms with Crippen LogP contribution in [0.25, 0.3) is 0 Å². The Balaban J connectivity index is 2.80. The molecule has 0 aliphatic heterocycles. The third kappa shape index (κ3) is 4.85. The van der Waals surface area contributed by atoms with Crippen molar-refractivity contribution in [2.45, 2.75) is 26.3 Å². The molecule has 0 saturated carbocycles. The molecule has 0 heterocycles. The number of nitrogens with zero attached hydrogens (tertiary/aromatic N) is 2. The largest absolute Gasteiger partial charge is 0.329 e. The molecule has 3 nitrogen and oxygen atoms in total. The third-order valence-corrected chi connectivity index (χ3v) is 3.71. The number of aryl methyl sites for hydroxylation is 1. The molecule has 0 saturated heterocycles. The van der Waals surface area contributed by atoms with Crippen molar-refractivity contribution in [3.63, 3.8) is 0 Å². The number of hydrogen-bond acceptors (Lipinski definition) is 3. The molecule has 0 fully saturated rings. The molecule has 1 atom stereocenters. The van der Waals surface area contributed by atoms with Crippen molar-refractivity contribution in [1.82, 2.24) is 9.80 Å². The minimum Gasteiger partial charge on any atom is -0.329 e. The smallest absolute Gasteiger partial charge is 0.123 e. The number of benzene rings is 1. The van der Waals surface area contributed by atoms with Gasteiger partial charge in [-0.2, -0.15) is 0 Å². The van der Waals surface area contributed by atoms with Gasteiger partial charge in [-0.3, -0.25) is 4.90 Å². The van der Waals surface area contributed by atoms with Gasteiger partial charge in [-0.05, 0) is 63.8 Å². The van der Waals surface area contributed by atoms with Crippen molar-refractivity contribution in [1.29, 1.82) is 0 Å². The van der Waals surface area contributed by atoms with E-state index >= 15 is 0 Å². The third-order valence-electron chi connectivity index (χ3n) is 3.71. The van der Waals surface area contributed by atoms with Crippen LogP contribution in [0.15, 0.2) is 18.2 Å². The lowest BCUT2D eigenvalue weighted by Gasteiger charge is -2.31. The van der Waals surface area contributed by atoms with Gasteiger partial charge < -0.3 is 10.6 Å². The summed E-state index contributed by atoms with van der Waals surface area (Å²) in [7, 11) is 4.17. The number of rotatable bonds is 8. The van der Waals surface area contributed by atoms with E-state index in [1.54, 1.807) is 6.07 Å². The van der Waals surface area contributed by atoms with Gasteiger partial charge in [0.2, 0.25) is 0 Å². The summed E-state index contributed by atoms with van der Waals surface area (Å²) < 4.78 is 13.2. The zero-order chi connectivity index (χ0) is 15.1. The lowest BCUT2D eigenvalue weighted by molar-refractivity contribution is 0.201. The van der Waals surface area contributed by atoms with Gasteiger partial charge >= 0.3 is 0 Å². The minimum absolute atomic E-state index is 0.169. The Morgan fingerprint density at radius 2 is 1.95 bits per heavy atom. The molecule has 20 heavy (non-hydrogen) atoms. The topological polar surface area (TPSA) is 32.5 Å². The number of hydrogen-bond donors (Lipinski definition) is 1. The minimum atomic E-state index is -0.183. The normalized spacial score (nSPS) is 13.2. The van der Waals surface area contributed by atoms with Crippen LogP contribution in [0.5, 0.6) is 0 Å². The van der Waals surface area contributed by atoms with E-state index in [0.29, 0.717) is 6.54 Å². The van der Waals surface area contributed by atoms with Crippen LogP contribution >= 0.6 is 0 Å². The quantitative estimate of drug-likeness (QED) is 0.794. The van der Waals surface area contributed by atoms with Gasteiger partial charge in [0.05, 0.1) is 0 Å². The maximum atomic E-state index is 13.2. The molecule has 0 radical (unpaired) electrons. The van der Waals surface area contributed by atoms with Crippen LogP contribution in [0.3, 0.4) is 0 Å². The van der Waals surface area contributed by atoms with E-state index in [2.05, 4.69) is 30.8 Å². The highest BCUT2D eigenvalue weighted by molar-refractivity contribution is 5.30. The Bertz CT molecular complexity index is 407. The molecule has 4 heteroatoms. The SMILES string of the molecule is CCN(CCCN(C)C)C(CN)c1ccc(F)cc1C. The molecule has 1 rings (SSSR count). The fourth-order valence-electron chi connectivity index (χ4n) is 2.61. The van der Waals surface area contributed by atoms with E-state index in [9.17, 15) is 4.39 Å². The van der Waals surface area contributed by atoms with Crippen molar-refractivity contribution in [2.75, 3.05) is 40.3 Å². The zero-order valence-corrected chi connectivity index (χ0v) is 13.2. The van der Waals surface area contributed by atoms with Crippen molar-refractivity contribution in [2.24, 2.45) is 5.73 Å². The van der Waals surface area contributed by atoms with Gasteiger partial charge in [0.1, 0.15) is 5.82 Å². The Hall–Kier alpha value is -0.970. The first-order valence-corrected chi connectivity index (χ1v) is 7.34. The maximum absolute atomic E-state index is 13.2. The van der Waals surface area contributed by atoms with Crippen molar-refractivity contribution >= 4 is 0 Å². The van der Waals surface area contributed by atoms with Crippen LogP contribution in [0, 0.1) is 12.7 Å². The molecule has 114 valence electrons. The molecule has 0 aliphatic carbocycles. The maximum Gasteiger partial charge on any atom is 0.123 e. The molecule has 2 N–H and O–H groups in total. The molecule has 0 aromatic heterocycles. The van der Waals surface area contributed by atoms with E-state index in [-0.39, 0.29) is 11.9 Å². The van der Waals surface area contributed by atoms with Crippen molar-refractivity contribution in [3.05, 3.63) is 35.1 Å². The van der Waals surface area contributed by atoms with Crippen LogP contribution < -0.4 is 5.73 Å². The number of halogens is 1. The summed E-state index contributed by atoms with van der Waals surface area (Å²) in [5, 5.41) is 0. The molecule has 0 aliphatic rings. The molecule has 0 spiro atoms. The molecule has 1 unspecified atom stereocenters. The first-order valence-electron chi connectivity index (χ1n) is 7.34. The molecule has 0 bridgehead atoms. The molecule has 1 aromatic rings. The summed E-state index contributed by atoms with van der Waals surface area (Å²) in [6.45, 7) is 7.68. The van der Waals surface area contributed by atoms with Gasteiger partial charge in [0, 0.05) is 19.1 Å². The highest BCUT2D eigenvalue weighted by Crippen LogP contribution is 2.23. The highest BCUT2D eigenvalue weighted by Gasteiger charge is 2.19. The standard InChI is InChI=1S/C16H28FN3/c1-5-20(10-6-9-19(3)4)16(12-18)15-8-7-14(17)11-13(15)2/h7-8,11,16H,5-6,9-10,12,18H2,1-4H3.